The number of furan rings is 1. The summed E-state index contributed by atoms with van der Waals surface area (Å²) in [5.41, 5.74) is 1.44. The van der Waals surface area contributed by atoms with E-state index < -0.39 is 0 Å². The fourth-order valence-electron chi connectivity index (χ4n) is 3.48. The number of carbonyl (C=O) groups excluding carboxylic acids is 1. The van der Waals surface area contributed by atoms with E-state index in [-0.39, 0.29) is 12.5 Å². The molecule has 37 heavy (non-hydrogen) atoms. The van der Waals surface area contributed by atoms with Gasteiger partial charge in [0.25, 0.3) is 5.91 Å². The van der Waals surface area contributed by atoms with Crippen molar-refractivity contribution in [2.45, 2.75) is 6.54 Å². The van der Waals surface area contributed by atoms with E-state index in [1.54, 1.807) is 48.9 Å². The molecule has 4 aromatic rings. The summed E-state index contributed by atoms with van der Waals surface area (Å²) < 4.78 is 11.3. The Bertz CT molecular complexity index is 1500. The molecule has 0 saturated carbocycles. The van der Waals surface area contributed by atoms with Gasteiger partial charge in [0.05, 0.1) is 34.0 Å². The van der Waals surface area contributed by atoms with E-state index in [9.17, 15) is 4.79 Å². The first-order valence-electron chi connectivity index (χ1n) is 11.2. The molecule has 2 heterocycles. The minimum absolute atomic E-state index is 0.216. The molecule has 1 aliphatic rings. The minimum atomic E-state index is -0.232. The number of hydrogen-bond acceptors (Lipinski definition) is 6. The van der Waals surface area contributed by atoms with Crippen LogP contribution in [-0.4, -0.2) is 22.2 Å². The monoisotopic (exact) mass is 547 g/mol. The van der Waals surface area contributed by atoms with E-state index in [1.807, 2.05) is 54.6 Å². The van der Waals surface area contributed by atoms with Crippen LogP contribution in [0.4, 0.5) is 0 Å². The maximum absolute atomic E-state index is 13.3. The fourth-order valence-corrected chi connectivity index (χ4v) is 4.77. The number of thioether (sulfide) groups is 1. The number of nitrogens with zero attached hydrogens (tertiary/aromatic N) is 3. The van der Waals surface area contributed by atoms with Crippen LogP contribution in [0.15, 0.2) is 111 Å². The van der Waals surface area contributed by atoms with Crippen LogP contribution in [-0.2, 0) is 11.3 Å². The number of rotatable bonds is 7. The van der Waals surface area contributed by atoms with Crippen molar-refractivity contribution in [1.82, 2.24) is 4.90 Å². The molecule has 1 saturated heterocycles. The molecule has 0 aliphatic carbocycles. The third-order valence-electron chi connectivity index (χ3n) is 5.24. The topological polar surface area (TPSA) is 67.4 Å². The Morgan fingerprint density at radius 2 is 1.76 bits per heavy atom. The van der Waals surface area contributed by atoms with E-state index in [0.717, 1.165) is 11.3 Å². The van der Waals surface area contributed by atoms with E-state index in [4.69, 9.17) is 32.4 Å². The van der Waals surface area contributed by atoms with E-state index >= 15 is 0 Å². The van der Waals surface area contributed by atoms with Gasteiger partial charge in [0.15, 0.2) is 5.17 Å². The van der Waals surface area contributed by atoms with Crippen LogP contribution in [0, 0.1) is 0 Å². The van der Waals surface area contributed by atoms with Crippen LogP contribution < -0.4 is 4.74 Å². The number of hydrogen-bond donors (Lipinski definition) is 0. The molecule has 0 spiro atoms. The molecule has 0 atom stereocenters. The van der Waals surface area contributed by atoms with Gasteiger partial charge in [-0.2, -0.15) is 5.10 Å². The Hall–Kier alpha value is -3.78. The maximum atomic E-state index is 13.3. The summed E-state index contributed by atoms with van der Waals surface area (Å²) in [7, 11) is 0. The largest absolute Gasteiger partial charge is 0.467 e. The Morgan fingerprint density at radius 3 is 2.57 bits per heavy atom. The average molecular weight is 548 g/mol. The highest BCUT2D eigenvalue weighted by Crippen LogP contribution is 2.36. The summed E-state index contributed by atoms with van der Waals surface area (Å²) in [6.07, 6.45) is 4.87. The predicted octanol–water partition coefficient (Wildman–Crippen LogP) is 7.89. The number of halogens is 2. The molecule has 0 radical (unpaired) electrons. The van der Waals surface area contributed by atoms with Crippen LogP contribution in [0.5, 0.6) is 11.5 Å². The molecule has 0 unspecified atom stereocenters. The van der Waals surface area contributed by atoms with Crippen molar-refractivity contribution in [3.63, 3.8) is 0 Å². The second kappa shape index (κ2) is 11.5. The molecule has 184 valence electrons. The summed E-state index contributed by atoms with van der Waals surface area (Å²) in [4.78, 5) is 15.2. The molecule has 1 amide bonds. The van der Waals surface area contributed by atoms with Crippen LogP contribution in [0.3, 0.4) is 0 Å². The van der Waals surface area contributed by atoms with Gasteiger partial charge in [0.1, 0.15) is 17.3 Å². The molecule has 5 rings (SSSR count). The van der Waals surface area contributed by atoms with Crippen LogP contribution >= 0.6 is 35.0 Å². The van der Waals surface area contributed by atoms with Crippen molar-refractivity contribution in [3.05, 3.63) is 123 Å². The van der Waals surface area contributed by atoms with Gasteiger partial charge >= 0.3 is 0 Å². The Morgan fingerprint density at radius 1 is 0.946 bits per heavy atom. The van der Waals surface area contributed by atoms with Crippen molar-refractivity contribution in [2.75, 3.05) is 0 Å². The normalized spacial score (nSPS) is 15.8. The van der Waals surface area contributed by atoms with Gasteiger partial charge in [-0.25, -0.2) is 0 Å². The Balaban J connectivity index is 1.39. The molecule has 1 fully saturated rings. The van der Waals surface area contributed by atoms with Crippen LogP contribution in [0.25, 0.3) is 6.08 Å². The van der Waals surface area contributed by atoms with Gasteiger partial charge in [-0.05, 0) is 71.4 Å². The Kier molecular flexibility index (Phi) is 7.75. The average Bonchev–Trinajstić information content (AvgIpc) is 3.52. The molecule has 6 nitrogen and oxygen atoms in total. The van der Waals surface area contributed by atoms with Crippen LogP contribution in [0.2, 0.25) is 10.0 Å². The zero-order chi connectivity index (χ0) is 25.6. The fraction of sp³-hybridized carbons (Fsp3) is 0.0357. The number of amidine groups is 1. The highest BCUT2D eigenvalue weighted by atomic mass is 35.5. The van der Waals surface area contributed by atoms with Crippen molar-refractivity contribution < 1.29 is 13.9 Å². The van der Waals surface area contributed by atoms with Crippen molar-refractivity contribution in [2.24, 2.45) is 10.2 Å². The zero-order valence-corrected chi connectivity index (χ0v) is 21.6. The minimum Gasteiger partial charge on any atom is -0.467 e. The number of carbonyl (C=O) groups is 1. The summed E-state index contributed by atoms with van der Waals surface area (Å²) in [5.74, 6) is 1.81. The van der Waals surface area contributed by atoms with Crippen molar-refractivity contribution >= 4 is 58.3 Å². The molecule has 1 aromatic heterocycles. The molecule has 9 heteroatoms. The van der Waals surface area contributed by atoms with Crippen molar-refractivity contribution in [1.29, 1.82) is 0 Å². The number of ether oxygens (including phenoxy) is 1. The number of amides is 1. The summed E-state index contributed by atoms with van der Waals surface area (Å²) in [6, 6.07) is 25.8. The highest BCUT2D eigenvalue weighted by molar-refractivity contribution is 8.18. The quantitative estimate of drug-likeness (QED) is 0.134. The van der Waals surface area contributed by atoms with Gasteiger partial charge < -0.3 is 9.15 Å². The lowest BCUT2D eigenvalue weighted by Crippen LogP contribution is -2.28. The second-order valence-corrected chi connectivity index (χ2v) is 9.63. The SMILES string of the molecule is O=C1/C(=C/c2cccc(Cl)c2Cl)S/C(=N/N=C\c2cccc(Oc3ccccc3)c2)N1Cc1ccco1. The first kappa shape index (κ1) is 24.9. The first-order chi connectivity index (χ1) is 18.1. The lowest BCUT2D eigenvalue weighted by molar-refractivity contribution is -0.122. The maximum Gasteiger partial charge on any atom is 0.267 e. The van der Waals surface area contributed by atoms with Gasteiger partial charge in [-0.15, -0.1) is 5.10 Å². The van der Waals surface area contributed by atoms with Gasteiger partial charge in [0, 0.05) is 0 Å². The van der Waals surface area contributed by atoms with Crippen LogP contribution in [0.1, 0.15) is 16.9 Å². The molecule has 3 aromatic carbocycles. The number of para-hydroxylation sites is 1. The highest BCUT2D eigenvalue weighted by Gasteiger charge is 2.34. The standard InChI is InChI=1S/C28H19Cl2N3O3S/c29-24-13-5-8-20(26(24)30)16-25-27(34)33(18-23-12-6-14-35-23)28(37-25)32-31-17-19-7-4-11-22(15-19)36-21-9-2-1-3-10-21/h1-17H,18H2/b25-16-,31-17-,32-28+. The van der Waals surface area contributed by atoms with E-state index in [2.05, 4.69) is 10.2 Å². The van der Waals surface area contributed by atoms with Gasteiger partial charge in [-0.3, -0.25) is 9.69 Å². The van der Waals surface area contributed by atoms with E-state index in [1.165, 1.54) is 16.7 Å². The lowest BCUT2D eigenvalue weighted by atomic mass is 10.2. The van der Waals surface area contributed by atoms with Gasteiger partial charge in [0.2, 0.25) is 0 Å². The predicted molar refractivity (Wildman–Crippen MR) is 149 cm³/mol. The molecule has 1 aliphatic heterocycles. The summed E-state index contributed by atoms with van der Waals surface area (Å²) in [6.45, 7) is 0.216. The second-order valence-electron chi connectivity index (χ2n) is 7.84. The third kappa shape index (κ3) is 6.14. The Labute approximate surface area is 227 Å². The molecular weight excluding hydrogens is 529 g/mol. The van der Waals surface area contributed by atoms with Crippen molar-refractivity contribution in [3.8, 4) is 11.5 Å². The zero-order valence-electron chi connectivity index (χ0n) is 19.3. The molecular formula is C28H19Cl2N3O3S. The molecule has 0 N–H and O–H groups in total. The first-order valence-corrected chi connectivity index (χ1v) is 12.8. The van der Waals surface area contributed by atoms with Gasteiger partial charge in [-0.1, -0.05) is 65.7 Å². The summed E-state index contributed by atoms with van der Waals surface area (Å²) >= 11 is 13.7. The number of benzene rings is 3. The lowest BCUT2D eigenvalue weighted by Gasteiger charge is -2.12. The van der Waals surface area contributed by atoms with E-state index in [0.29, 0.717) is 37.2 Å². The molecule has 0 bridgehead atoms. The summed E-state index contributed by atoms with van der Waals surface area (Å²) in [5, 5.41) is 9.80. The third-order valence-corrected chi connectivity index (χ3v) is 7.07. The smallest absolute Gasteiger partial charge is 0.267 e.